The molecular formula is C14H18N2. The smallest absolute Gasteiger partial charge is 0.0488 e. The van der Waals surface area contributed by atoms with Crippen molar-refractivity contribution >= 4 is 10.9 Å². The molecule has 1 aromatic carbocycles. The summed E-state index contributed by atoms with van der Waals surface area (Å²) in [5.41, 5.74) is 4.44. The molecule has 0 bridgehead atoms. The van der Waals surface area contributed by atoms with Gasteiger partial charge in [-0.25, -0.2) is 0 Å². The summed E-state index contributed by atoms with van der Waals surface area (Å²) in [6.45, 7) is 6.66. The molecular weight excluding hydrogens is 196 g/mol. The lowest BCUT2D eigenvalue weighted by atomic mass is 10.0. The van der Waals surface area contributed by atoms with Crippen LogP contribution < -0.4 is 5.32 Å². The minimum absolute atomic E-state index is 0.536. The lowest BCUT2D eigenvalue weighted by molar-refractivity contribution is 0.544. The molecule has 2 heteroatoms. The van der Waals surface area contributed by atoms with E-state index in [9.17, 15) is 0 Å². The van der Waals surface area contributed by atoms with Crippen LogP contribution in [0.25, 0.3) is 10.9 Å². The molecule has 2 aromatic rings. The first-order valence-corrected chi connectivity index (χ1v) is 6.10. The average molecular weight is 214 g/mol. The number of fused-ring (bicyclic) bond motifs is 3. The third-order valence-electron chi connectivity index (χ3n) is 3.49. The van der Waals surface area contributed by atoms with Gasteiger partial charge in [0.25, 0.3) is 0 Å². The fraction of sp³-hybridized carbons (Fsp3) is 0.429. The minimum atomic E-state index is 0.536. The highest BCUT2D eigenvalue weighted by Gasteiger charge is 2.20. The van der Waals surface area contributed by atoms with E-state index in [4.69, 9.17) is 0 Å². The van der Waals surface area contributed by atoms with Crippen LogP contribution >= 0.6 is 0 Å². The third kappa shape index (κ3) is 1.30. The van der Waals surface area contributed by atoms with E-state index in [-0.39, 0.29) is 0 Å². The number of nitrogens with one attached hydrogen (secondary N) is 1. The minimum Gasteiger partial charge on any atom is -0.341 e. The number of aromatic nitrogens is 1. The quantitative estimate of drug-likeness (QED) is 0.772. The molecule has 0 unspecified atom stereocenters. The second-order valence-corrected chi connectivity index (χ2v) is 4.83. The van der Waals surface area contributed by atoms with Gasteiger partial charge in [0.05, 0.1) is 0 Å². The van der Waals surface area contributed by atoms with Gasteiger partial charge in [-0.3, -0.25) is 0 Å². The van der Waals surface area contributed by atoms with Gasteiger partial charge in [0, 0.05) is 29.2 Å². The van der Waals surface area contributed by atoms with Crippen LogP contribution in [0, 0.1) is 0 Å². The number of hydrogen-bond acceptors (Lipinski definition) is 1. The molecule has 3 rings (SSSR count). The first kappa shape index (κ1) is 9.91. The van der Waals surface area contributed by atoms with Crippen molar-refractivity contribution in [1.29, 1.82) is 0 Å². The topological polar surface area (TPSA) is 17.0 Å². The van der Waals surface area contributed by atoms with Crippen molar-refractivity contribution < 1.29 is 0 Å². The molecule has 1 aliphatic heterocycles. The second-order valence-electron chi connectivity index (χ2n) is 4.83. The Kier molecular flexibility index (Phi) is 2.25. The van der Waals surface area contributed by atoms with Gasteiger partial charge in [0.2, 0.25) is 0 Å². The molecule has 0 aliphatic carbocycles. The molecule has 0 atom stereocenters. The van der Waals surface area contributed by atoms with E-state index in [1.54, 1.807) is 5.56 Å². The number of rotatable bonds is 1. The number of hydrogen-bond donors (Lipinski definition) is 1. The van der Waals surface area contributed by atoms with Crippen LogP contribution in [0.1, 0.15) is 31.1 Å². The molecule has 84 valence electrons. The SMILES string of the molecule is CC(C)n1c2c(c3ccccc31)CCNC2. The van der Waals surface area contributed by atoms with Crippen molar-refractivity contribution in [3.63, 3.8) is 0 Å². The average Bonchev–Trinajstić information content (AvgIpc) is 2.63. The summed E-state index contributed by atoms with van der Waals surface area (Å²) in [4.78, 5) is 0. The van der Waals surface area contributed by atoms with Gasteiger partial charge in [-0.05, 0) is 38.4 Å². The van der Waals surface area contributed by atoms with Crippen molar-refractivity contribution in [2.75, 3.05) is 6.54 Å². The number of nitrogens with zero attached hydrogens (tertiary/aromatic N) is 1. The standard InChI is InChI=1S/C14H18N2/c1-10(2)16-13-6-4-3-5-11(13)12-7-8-15-9-14(12)16/h3-6,10,15H,7-9H2,1-2H3. The van der Waals surface area contributed by atoms with E-state index in [1.807, 2.05) is 0 Å². The summed E-state index contributed by atoms with van der Waals surface area (Å²) in [5, 5.41) is 4.93. The highest BCUT2D eigenvalue weighted by molar-refractivity contribution is 5.86. The summed E-state index contributed by atoms with van der Waals surface area (Å²) in [7, 11) is 0. The summed E-state index contributed by atoms with van der Waals surface area (Å²) in [6, 6.07) is 9.33. The van der Waals surface area contributed by atoms with Crippen molar-refractivity contribution in [1.82, 2.24) is 9.88 Å². The molecule has 0 fully saturated rings. The van der Waals surface area contributed by atoms with E-state index in [1.165, 1.54) is 16.6 Å². The normalized spacial score (nSPS) is 15.7. The Hall–Kier alpha value is -1.28. The van der Waals surface area contributed by atoms with Crippen molar-refractivity contribution in [2.45, 2.75) is 32.9 Å². The van der Waals surface area contributed by atoms with Crippen molar-refractivity contribution in [2.24, 2.45) is 0 Å². The zero-order chi connectivity index (χ0) is 11.1. The first-order valence-electron chi connectivity index (χ1n) is 6.10. The van der Waals surface area contributed by atoms with Crippen LogP contribution in [-0.4, -0.2) is 11.1 Å². The van der Waals surface area contributed by atoms with E-state index in [0.717, 1.165) is 19.5 Å². The Morgan fingerprint density at radius 3 is 2.88 bits per heavy atom. The molecule has 0 amide bonds. The zero-order valence-electron chi connectivity index (χ0n) is 9.96. The second kappa shape index (κ2) is 3.63. The molecule has 2 heterocycles. The van der Waals surface area contributed by atoms with Gasteiger partial charge in [-0.1, -0.05) is 18.2 Å². The van der Waals surface area contributed by atoms with Crippen molar-refractivity contribution in [3.8, 4) is 0 Å². The Balaban J connectivity index is 2.37. The van der Waals surface area contributed by atoms with Gasteiger partial charge in [-0.15, -0.1) is 0 Å². The largest absolute Gasteiger partial charge is 0.341 e. The molecule has 0 spiro atoms. The molecule has 1 N–H and O–H groups in total. The van der Waals surface area contributed by atoms with Gasteiger partial charge in [-0.2, -0.15) is 0 Å². The maximum atomic E-state index is 3.48. The van der Waals surface area contributed by atoms with Crippen LogP contribution in [0.15, 0.2) is 24.3 Å². The van der Waals surface area contributed by atoms with E-state index in [0.29, 0.717) is 6.04 Å². The predicted molar refractivity (Wildman–Crippen MR) is 67.7 cm³/mol. The van der Waals surface area contributed by atoms with Crippen LogP contribution in [-0.2, 0) is 13.0 Å². The summed E-state index contributed by atoms with van der Waals surface area (Å²) >= 11 is 0. The van der Waals surface area contributed by atoms with Gasteiger partial charge in [0.1, 0.15) is 0 Å². The highest BCUT2D eigenvalue weighted by Crippen LogP contribution is 2.31. The molecule has 16 heavy (non-hydrogen) atoms. The molecule has 0 saturated heterocycles. The molecule has 2 nitrogen and oxygen atoms in total. The predicted octanol–water partition coefficient (Wildman–Crippen LogP) is 2.87. The zero-order valence-corrected chi connectivity index (χ0v) is 9.96. The molecule has 1 aliphatic rings. The van der Waals surface area contributed by atoms with E-state index < -0.39 is 0 Å². The lowest BCUT2D eigenvalue weighted by Gasteiger charge is -2.19. The Labute approximate surface area is 96.3 Å². The Morgan fingerprint density at radius 2 is 2.06 bits per heavy atom. The van der Waals surface area contributed by atoms with Crippen molar-refractivity contribution in [3.05, 3.63) is 35.5 Å². The monoisotopic (exact) mass is 214 g/mol. The first-order chi connectivity index (χ1) is 7.79. The number of benzene rings is 1. The summed E-state index contributed by atoms with van der Waals surface area (Å²) in [6.07, 6.45) is 1.16. The maximum Gasteiger partial charge on any atom is 0.0488 e. The van der Waals surface area contributed by atoms with Crippen LogP contribution in [0.5, 0.6) is 0 Å². The Morgan fingerprint density at radius 1 is 1.25 bits per heavy atom. The third-order valence-corrected chi connectivity index (χ3v) is 3.49. The Bertz CT molecular complexity index is 523. The summed E-state index contributed by atoms with van der Waals surface area (Å²) < 4.78 is 2.48. The summed E-state index contributed by atoms with van der Waals surface area (Å²) in [5.74, 6) is 0. The van der Waals surface area contributed by atoms with Gasteiger partial charge >= 0.3 is 0 Å². The molecule has 1 aromatic heterocycles. The number of para-hydroxylation sites is 1. The lowest BCUT2D eigenvalue weighted by Crippen LogP contribution is -2.25. The fourth-order valence-corrected chi connectivity index (χ4v) is 2.87. The van der Waals surface area contributed by atoms with Gasteiger partial charge < -0.3 is 9.88 Å². The molecule has 0 radical (unpaired) electrons. The molecule has 0 saturated carbocycles. The van der Waals surface area contributed by atoms with Crippen LogP contribution in [0.3, 0.4) is 0 Å². The van der Waals surface area contributed by atoms with Crippen LogP contribution in [0.2, 0.25) is 0 Å². The van der Waals surface area contributed by atoms with Gasteiger partial charge in [0.15, 0.2) is 0 Å². The maximum absolute atomic E-state index is 3.48. The van der Waals surface area contributed by atoms with E-state index >= 15 is 0 Å². The highest BCUT2D eigenvalue weighted by atomic mass is 15.1. The van der Waals surface area contributed by atoms with E-state index in [2.05, 4.69) is 48.0 Å². The van der Waals surface area contributed by atoms with Crippen LogP contribution in [0.4, 0.5) is 0 Å². The fourth-order valence-electron chi connectivity index (χ4n) is 2.87.